The molecule has 0 amide bonds. The first-order valence-electron chi connectivity index (χ1n) is 8.12. The van der Waals surface area contributed by atoms with Gasteiger partial charge in [0.2, 0.25) is 0 Å². The molecule has 0 radical (unpaired) electrons. The average molecular weight is 230 g/mol. The van der Waals surface area contributed by atoms with Gasteiger partial charge in [-0.3, -0.25) is 0 Å². The van der Waals surface area contributed by atoms with Crippen LogP contribution in [-0.2, 0) is 0 Å². The van der Waals surface area contributed by atoms with Gasteiger partial charge < -0.3 is 0 Å². The first-order valence-corrected chi connectivity index (χ1v) is 8.12. The van der Waals surface area contributed by atoms with Crippen LogP contribution in [-0.4, -0.2) is 0 Å². The minimum atomic E-state index is 1.03. The van der Waals surface area contributed by atoms with Crippen molar-refractivity contribution in [2.45, 2.75) is 64.2 Å². The third kappa shape index (κ3) is 1.63. The molecular weight excluding hydrogens is 204 g/mol. The summed E-state index contributed by atoms with van der Waals surface area (Å²) in [7, 11) is 0. The van der Waals surface area contributed by atoms with Crippen molar-refractivity contribution >= 4 is 0 Å². The highest BCUT2D eigenvalue weighted by Crippen LogP contribution is 2.56. The third-order valence-corrected chi connectivity index (χ3v) is 6.57. The van der Waals surface area contributed by atoms with Crippen LogP contribution in [0.3, 0.4) is 0 Å². The number of hydrogen-bond acceptors (Lipinski definition) is 0. The lowest BCUT2D eigenvalue weighted by Gasteiger charge is -2.49. The van der Waals surface area contributed by atoms with Crippen LogP contribution in [0.1, 0.15) is 64.2 Å². The summed E-state index contributed by atoms with van der Waals surface area (Å²) in [5.41, 5.74) is 1.88. The zero-order valence-corrected chi connectivity index (χ0v) is 11.0. The molecular formula is C17H26. The molecule has 0 saturated heterocycles. The first kappa shape index (κ1) is 10.6. The van der Waals surface area contributed by atoms with E-state index in [2.05, 4.69) is 6.08 Å². The van der Waals surface area contributed by atoms with Crippen molar-refractivity contribution < 1.29 is 0 Å². The molecule has 4 rings (SSSR count). The zero-order chi connectivity index (χ0) is 11.2. The zero-order valence-electron chi connectivity index (χ0n) is 11.0. The van der Waals surface area contributed by atoms with Crippen LogP contribution in [0.5, 0.6) is 0 Å². The standard InChI is InChI=1S/C17H26/c1-2-6-14-12(4-1)8-10-17-15-7-3-5-13(15)9-11-16(14)17/h4,13-17H,1-3,5-11H2/t13-,14+,15-,16-,17+/m1/s1. The van der Waals surface area contributed by atoms with Crippen LogP contribution < -0.4 is 0 Å². The van der Waals surface area contributed by atoms with E-state index in [-0.39, 0.29) is 0 Å². The second-order valence-electron chi connectivity index (χ2n) is 7.12. The summed E-state index contributed by atoms with van der Waals surface area (Å²) in [5.74, 6) is 5.57. The fourth-order valence-electron chi connectivity index (χ4n) is 5.93. The lowest BCUT2D eigenvalue weighted by molar-refractivity contribution is 0.0490. The summed E-state index contributed by atoms with van der Waals surface area (Å²) in [6, 6.07) is 0. The Bertz CT molecular complexity index is 327. The fraction of sp³-hybridized carbons (Fsp3) is 0.882. The van der Waals surface area contributed by atoms with Gasteiger partial charge in [0, 0.05) is 0 Å². The predicted molar refractivity (Wildman–Crippen MR) is 71.7 cm³/mol. The topological polar surface area (TPSA) is 0 Å². The summed E-state index contributed by atoms with van der Waals surface area (Å²) in [4.78, 5) is 0. The van der Waals surface area contributed by atoms with Crippen LogP contribution in [0.2, 0.25) is 0 Å². The molecule has 0 bridgehead atoms. The quantitative estimate of drug-likeness (QED) is 0.517. The maximum atomic E-state index is 2.62. The van der Waals surface area contributed by atoms with Gasteiger partial charge in [-0.05, 0) is 81.0 Å². The van der Waals surface area contributed by atoms with E-state index in [0.29, 0.717) is 0 Å². The van der Waals surface area contributed by atoms with Gasteiger partial charge in [-0.1, -0.05) is 24.5 Å². The molecule has 17 heavy (non-hydrogen) atoms. The maximum absolute atomic E-state index is 2.62. The van der Waals surface area contributed by atoms with Crippen molar-refractivity contribution in [3.63, 3.8) is 0 Å². The smallest absolute Gasteiger partial charge is 0.0172 e. The average Bonchev–Trinajstić information content (AvgIpc) is 2.86. The van der Waals surface area contributed by atoms with Crippen molar-refractivity contribution in [1.82, 2.24) is 0 Å². The Balaban J connectivity index is 1.61. The number of rotatable bonds is 0. The van der Waals surface area contributed by atoms with E-state index >= 15 is 0 Å². The molecule has 0 spiro atoms. The highest BCUT2D eigenvalue weighted by molar-refractivity contribution is 5.16. The lowest BCUT2D eigenvalue weighted by Crippen LogP contribution is -2.40. The summed E-state index contributed by atoms with van der Waals surface area (Å²) < 4.78 is 0. The van der Waals surface area contributed by atoms with E-state index in [1.165, 1.54) is 25.7 Å². The molecule has 4 aliphatic rings. The summed E-state index contributed by atoms with van der Waals surface area (Å²) in [5, 5.41) is 0. The number of hydrogen-bond donors (Lipinski definition) is 0. The summed E-state index contributed by atoms with van der Waals surface area (Å²) in [6.45, 7) is 0. The van der Waals surface area contributed by atoms with Gasteiger partial charge in [-0.2, -0.15) is 0 Å². The van der Waals surface area contributed by atoms with Crippen LogP contribution in [0.25, 0.3) is 0 Å². The van der Waals surface area contributed by atoms with Gasteiger partial charge in [-0.15, -0.1) is 0 Å². The molecule has 0 aromatic rings. The molecule has 0 unspecified atom stereocenters. The predicted octanol–water partition coefficient (Wildman–Crippen LogP) is 4.95. The van der Waals surface area contributed by atoms with Gasteiger partial charge in [0.1, 0.15) is 0 Å². The molecule has 3 saturated carbocycles. The van der Waals surface area contributed by atoms with Crippen molar-refractivity contribution in [2.24, 2.45) is 29.6 Å². The monoisotopic (exact) mass is 230 g/mol. The normalized spacial score (nSPS) is 48.9. The Hall–Kier alpha value is -0.260. The minimum Gasteiger partial charge on any atom is -0.0850 e. The van der Waals surface area contributed by atoms with Crippen molar-refractivity contribution in [3.8, 4) is 0 Å². The Morgan fingerprint density at radius 3 is 2.76 bits per heavy atom. The molecule has 0 N–H and O–H groups in total. The summed E-state index contributed by atoms with van der Waals surface area (Å²) >= 11 is 0. The second kappa shape index (κ2) is 4.14. The molecule has 3 fully saturated rings. The van der Waals surface area contributed by atoms with Gasteiger partial charge in [0.05, 0.1) is 0 Å². The summed E-state index contributed by atoms with van der Waals surface area (Å²) in [6.07, 6.45) is 17.9. The maximum Gasteiger partial charge on any atom is -0.0172 e. The molecule has 0 heterocycles. The van der Waals surface area contributed by atoms with Crippen LogP contribution in [0.15, 0.2) is 11.6 Å². The Morgan fingerprint density at radius 1 is 0.765 bits per heavy atom. The molecule has 0 aromatic carbocycles. The highest BCUT2D eigenvalue weighted by Gasteiger charge is 2.46. The largest absolute Gasteiger partial charge is 0.0850 e. The Kier molecular flexibility index (Phi) is 2.59. The van der Waals surface area contributed by atoms with Gasteiger partial charge in [-0.25, -0.2) is 0 Å². The van der Waals surface area contributed by atoms with E-state index < -0.39 is 0 Å². The minimum absolute atomic E-state index is 1.03. The number of fused-ring (bicyclic) bond motifs is 5. The van der Waals surface area contributed by atoms with Crippen molar-refractivity contribution in [2.75, 3.05) is 0 Å². The van der Waals surface area contributed by atoms with Crippen molar-refractivity contribution in [3.05, 3.63) is 11.6 Å². The molecule has 4 aliphatic carbocycles. The van der Waals surface area contributed by atoms with Gasteiger partial charge in [0.25, 0.3) is 0 Å². The molecule has 5 atom stereocenters. The van der Waals surface area contributed by atoms with E-state index in [1.54, 1.807) is 38.5 Å². The molecule has 0 aliphatic heterocycles. The van der Waals surface area contributed by atoms with Gasteiger partial charge >= 0.3 is 0 Å². The Labute approximate surface area is 106 Å². The van der Waals surface area contributed by atoms with Crippen LogP contribution in [0.4, 0.5) is 0 Å². The van der Waals surface area contributed by atoms with Crippen molar-refractivity contribution in [1.29, 1.82) is 0 Å². The number of allylic oxidation sites excluding steroid dienone is 2. The van der Waals surface area contributed by atoms with E-state index in [9.17, 15) is 0 Å². The molecule has 0 aromatic heterocycles. The third-order valence-electron chi connectivity index (χ3n) is 6.57. The Morgan fingerprint density at radius 2 is 1.76 bits per heavy atom. The van der Waals surface area contributed by atoms with E-state index in [0.717, 1.165) is 29.6 Å². The highest BCUT2D eigenvalue weighted by atomic mass is 14.5. The van der Waals surface area contributed by atoms with E-state index in [1.807, 2.05) is 5.57 Å². The lowest BCUT2D eigenvalue weighted by atomic mass is 9.56. The first-order chi connectivity index (χ1) is 8.43. The second-order valence-corrected chi connectivity index (χ2v) is 7.12. The molecule has 94 valence electrons. The van der Waals surface area contributed by atoms with Crippen LogP contribution >= 0.6 is 0 Å². The molecule has 0 heteroatoms. The van der Waals surface area contributed by atoms with Gasteiger partial charge in [0.15, 0.2) is 0 Å². The SMILES string of the molecule is C1=C2CC[C@H]3[C@@H]4CCC[C@@H]4CC[C@@H]3[C@H]2CCC1. The fourth-order valence-corrected chi connectivity index (χ4v) is 5.93. The molecule has 0 nitrogen and oxygen atoms in total. The van der Waals surface area contributed by atoms with Crippen LogP contribution in [0, 0.1) is 29.6 Å². The van der Waals surface area contributed by atoms with E-state index in [4.69, 9.17) is 0 Å².